The molecule has 0 saturated carbocycles. The molecule has 1 atom stereocenters. The molecule has 0 aromatic heterocycles. The Hall–Kier alpha value is -1.86. The molecular weight excluding hydrogens is 288 g/mol. The molecule has 1 aliphatic rings. The number of rotatable bonds is 3. The van der Waals surface area contributed by atoms with Crippen LogP contribution < -0.4 is 4.90 Å². The average Bonchev–Trinajstić information content (AvgIpc) is 2.37. The fraction of sp³-hybridized carbons (Fsp3) is 0.417. The van der Waals surface area contributed by atoms with Gasteiger partial charge in [0, 0.05) is 25.2 Å². The molecule has 1 aromatic carbocycles. The van der Waals surface area contributed by atoms with Gasteiger partial charge >= 0.3 is 5.97 Å². The Balaban J connectivity index is 2.50. The highest BCUT2D eigenvalue weighted by atomic mass is 35.5. The van der Waals surface area contributed by atoms with E-state index < -0.39 is 17.0 Å². The molecule has 1 aliphatic heterocycles. The highest BCUT2D eigenvalue weighted by molar-refractivity contribution is 6.34. The van der Waals surface area contributed by atoms with E-state index in [0.717, 1.165) is 12.1 Å². The van der Waals surface area contributed by atoms with Gasteiger partial charge in [0.25, 0.3) is 5.69 Å². The summed E-state index contributed by atoms with van der Waals surface area (Å²) in [5.41, 5.74) is -0.365. The number of nitro benzene ring substituents is 1. The predicted molar refractivity (Wildman–Crippen MR) is 72.5 cm³/mol. The molecule has 1 heterocycles. The van der Waals surface area contributed by atoms with Gasteiger partial charge in [-0.3, -0.25) is 10.1 Å². The van der Waals surface area contributed by atoms with E-state index in [-0.39, 0.29) is 28.5 Å². The molecule has 20 heavy (non-hydrogen) atoms. The second-order valence-corrected chi connectivity index (χ2v) is 5.04. The van der Waals surface area contributed by atoms with Gasteiger partial charge in [-0.05, 0) is 12.8 Å². The lowest BCUT2D eigenvalue weighted by Crippen LogP contribution is -2.39. The summed E-state index contributed by atoms with van der Waals surface area (Å²) in [6.45, 7) is 0.812. The number of carboxylic acid groups (broad SMARTS) is 1. The topological polar surface area (TPSA) is 104 Å². The Kier molecular flexibility index (Phi) is 4.10. The van der Waals surface area contributed by atoms with Gasteiger partial charge < -0.3 is 15.1 Å². The lowest BCUT2D eigenvalue weighted by molar-refractivity contribution is -0.384. The highest BCUT2D eigenvalue weighted by Crippen LogP contribution is 2.35. The number of piperidine rings is 1. The van der Waals surface area contributed by atoms with Gasteiger partial charge in [-0.2, -0.15) is 0 Å². The summed E-state index contributed by atoms with van der Waals surface area (Å²) in [6.07, 6.45) is 0.786. The molecule has 2 N–H and O–H groups in total. The van der Waals surface area contributed by atoms with Crippen LogP contribution in [0.5, 0.6) is 0 Å². The summed E-state index contributed by atoms with van der Waals surface area (Å²) < 4.78 is 0. The minimum atomic E-state index is -1.29. The Morgan fingerprint density at radius 3 is 2.75 bits per heavy atom. The summed E-state index contributed by atoms with van der Waals surface area (Å²) in [5.74, 6) is -1.29. The van der Waals surface area contributed by atoms with Gasteiger partial charge in [-0.1, -0.05) is 11.6 Å². The van der Waals surface area contributed by atoms with E-state index in [2.05, 4.69) is 0 Å². The predicted octanol–water partition coefficient (Wildman–Crippen LogP) is 1.91. The lowest BCUT2D eigenvalue weighted by Gasteiger charge is -2.33. The number of anilines is 1. The highest BCUT2D eigenvalue weighted by Gasteiger charge is 2.27. The van der Waals surface area contributed by atoms with Gasteiger partial charge in [0.15, 0.2) is 0 Å². The number of β-amino-alcohol motifs (C(OH)–C–C–N with tert-alkyl or cyclic N) is 1. The summed E-state index contributed by atoms with van der Waals surface area (Å²) in [7, 11) is 0. The third kappa shape index (κ3) is 2.83. The molecule has 8 heteroatoms. The summed E-state index contributed by atoms with van der Waals surface area (Å²) in [6, 6.07) is 2.12. The minimum Gasteiger partial charge on any atom is -0.478 e. The van der Waals surface area contributed by atoms with Gasteiger partial charge in [0.2, 0.25) is 0 Å². The molecule has 1 saturated heterocycles. The molecule has 1 aromatic rings. The zero-order chi connectivity index (χ0) is 14.9. The first-order valence-electron chi connectivity index (χ1n) is 6.04. The molecule has 0 spiro atoms. The van der Waals surface area contributed by atoms with E-state index in [1.54, 1.807) is 4.90 Å². The third-order valence-electron chi connectivity index (χ3n) is 3.20. The largest absolute Gasteiger partial charge is 0.478 e. The van der Waals surface area contributed by atoms with E-state index in [1.165, 1.54) is 0 Å². The van der Waals surface area contributed by atoms with E-state index in [0.29, 0.717) is 19.4 Å². The second kappa shape index (κ2) is 5.64. The van der Waals surface area contributed by atoms with Crippen LogP contribution in [0.15, 0.2) is 12.1 Å². The summed E-state index contributed by atoms with van der Waals surface area (Å²) >= 11 is 6.01. The number of hydrogen-bond acceptors (Lipinski definition) is 5. The first kappa shape index (κ1) is 14.5. The molecule has 0 bridgehead atoms. The molecule has 2 rings (SSSR count). The molecule has 0 radical (unpaired) electrons. The van der Waals surface area contributed by atoms with Crippen LogP contribution in [0.1, 0.15) is 23.2 Å². The van der Waals surface area contributed by atoms with Crippen molar-refractivity contribution in [3.05, 3.63) is 32.8 Å². The standard InChI is InChI=1S/C12H13ClN2O5/c13-10-5-7(15(19)20)4-9(12(17)18)11(10)14-3-1-2-8(16)6-14/h4-5,8,16H,1-3,6H2,(H,17,18). The summed E-state index contributed by atoms with van der Waals surface area (Å²) in [4.78, 5) is 23.0. The monoisotopic (exact) mass is 300 g/mol. The van der Waals surface area contributed by atoms with Gasteiger partial charge in [0.1, 0.15) is 0 Å². The Morgan fingerprint density at radius 1 is 1.50 bits per heavy atom. The van der Waals surface area contributed by atoms with Crippen molar-refractivity contribution in [3.63, 3.8) is 0 Å². The van der Waals surface area contributed by atoms with Crippen molar-refractivity contribution in [3.8, 4) is 0 Å². The lowest BCUT2D eigenvalue weighted by atomic mass is 10.0. The number of benzene rings is 1. The Morgan fingerprint density at radius 2 is 2.20 bits per heavy atom. The quantitative estimate of drug-likeness (QED) is 0.652. The van der Waals surface area contributed by atoms with E-state index >= 15 is 0 Å². The first-order valence-corrected chi connectivity index (χ1v) is 6.42. The number of nitrogens with zero attached hydrogens (tertiary/aromatic N) is 2. The average molecular weight is 301 g/mol. The number of aromatic carboxylic acids is 1. The van der Waals surface area contributed by atoms with Crippen molar-refractivity contribution in [2.75, 3.05) is 18.0 Å². The van der Waals surface area contributed by atoms with Gasteiger partial charge in [-0.15, -0.1) is 0 Å². The number of aliphatic hydroxyl groups excluding tert-OH is 1. The fourth-order valence-corrected chi connectivity index (χ4v) is 2.67. The molecule has 1 unspecified atom stereocenters. The second-order valence-electron chi connectivity index (χ2n) is 4.63. The molecular formula is C12H13ClN2O5. The number of halogens is 1. The van der Waals surface area contributed by atoms with Crippen molar-refractivity contribution >= 4 is 28.9 Å². The van der Waals surface area contributed by atoms with E-state index in [1.807, 2.05) is 0 Å². The maximum absolute atomic E-state index is 11.3. The van der Waals surface area contributed by atoms with Crippen LogP contribution in [0, 0.1) is 10.1 Å². The zero-order valence-electron chi connectivity index (χ0n) is 10.5. The number of nitro groups is 1. The normalized spacial score (nSPS) is 18.9. The summed E-state index contributed by atoms with van der Waals surface area (Å²) in [5, 5.41) is 29.7. The van der Waals surface area contributed by atoms with E-state index in [4.69, 9.17) is 11.6 Å². The van der Waals surface area contributed by atoms with Crippen molar-refractivity contribution in [1.82, 2.24) is 0 Å². The van der Waals surface area contributed by atoms with Crippen LogP contribution in [0.2, 0.25) is 5.02 Å². The SMILES string of the molecule is O=C(O)c1cc([N+](=O)[O-])cc(Cl)c1N1CCCC(O)C1. The van der Waals surface area contributed by atoms with Crippen LogP contribution in [0.25, 0.3) is 0 Å². The van der Waals surface area contributed by atoms with Crippen LogP contribution in [-0.2, 0) is 0 Å². The Bertz CT molecular complexity index is 563. The molecule has 7 nitrogen and oxygen atoms in total. The van der Waals surface area contributed by atoms with Crippen LogP contribution in [-0.4, -0.2) is 40.3 Å². The molecule has 0 amide bonds. The molecule has 1 fully saturated rings. The zero-order valence-corrected chi connectivity index (χ0v) is 11.2. The molecule has 0 aliphatic carbocycles. The van der Waals surface area contributed by atoms with Crippen molar-refractivity contribution in [2.24, 2.45) is 0 Å². The van der Waals surface area contributed by atoms with E-state index in [9.17, 15) is 25.1 Å². The Labute approximate surface area is 119 Å². The maximum atomic E-state index is 11.3. The van der Waals surface area contributed by atoms with Crippen molar-refractivity contribution < 1.29 is 19.9 Å². The van der Waals surface area contributed by atoms with Crippen molar-refractivity contribution in [2.45, 2.75) is 18.9 Å². The number of hydrogen-bond donors (Lipinski definition) is 2. The number of carbonyl (C=O) groups is 1. The smallest absolute Gasteiger partial charge is 0.338 e. The van der Waals surface area contributed by atoms with Crippen LogP contribution >= 0.6 is 11.6 Å². The molecule has 108 valence electrons. The number of carboxylic acids is 1. The van der Waals surface area contributed by atoms with Crippen molar-refractivity contribution in [1.29, 1.82) is 0 Å². The van der Waals surface area contributed by atoms with Gasteiger partial charge in [0.05, 0.1) is 27.3 Å². The third-order valence-corrected chi connectivity index (χ3v) is 3.49. The minimum absolute atomic E-state index is 0.00528. The number of non-ortho nitro benzene ring substituents is 1. The fourth-order valence-electron chi connectivity index (χ4n) is 2.33. The van der Waals surface area contributed by atoms with Gasteiger partial charge in [-0.25, -0.2) is 4.79 Å². The number of aliphatic hydroxyl groups is 1. The van der Waals surface area contributed by atoms with Crippen LogP contribution in [0.4, 0.5) is 11.4 Å². The van der Waals surface area contributed by atoms with Crippen LogP contribution in [0.3, 0.4) is 0 Å². The first-order chi connectivity index (χ1) is 9.40. The maximum Gasteiger partial charge on any atom is 0.338 e.